The Morgan fingerprint density at radius 1 is 1.64 bits per heavy atom. The van der Waals surface area contributed by atoms with Crippen molar-refractivity contribution in [3.8, 4) is 0 Å². The minimum absolute atomic E-state index is 0.294. The van der Waals surface area contributed by atoms with Crippen molar-refractivity contribution >= 4 is 0 Å². The van der Waals surface area contributed by atoms with Gasteiger partial charge >= 0.3 is 0 Å². The second-order valence-corrected chi connectivity index (χ2v) is 3.32. The molecule has 0 saturated carbocycles. The molecular formula is C8H16FNO. The molecule has 0 N–H and O–H groups in total. The van der Waals surface area contributed by atoms with Crippen molar-refractivity contribution in [2.75, 3.05) is 34.0 Å². The average molecular weight is 161 g/mol. The quantitative estimate of drug-likeness (QED) is 0.614. The second-order valence-electron chi connectivity index (χ2n) is 3.32. The molecule has 0 aromatic carbocycles. The molecule has 0 spiro atoms. The van der Waals surface area contributed by atoms with Gasteiger partial charge in [-0.25, -0.2) is 4.39 Å². The number of methoxy groups -OCH3 is 1. The van der Waals surface area contributed by atoms with E-state index in [1.54, 1.807) is 7.11 Å². The molecule has 0 radical (unpaired) electrons. The number of alkyl halides is 1. The van der Waals surface area contributed by atoms with Crippen molar-refractivity contribution < 1.29 is 9.13 Å². The summed E-state index contributed by atoms with van der Waals surface area (Å²) in [6.45, 7) is 1.21. The zero-order valence-electron chi connectivity index (χ0n) is 7.27. The highest BCUT2D eigenvalue weighted by Gasteiger charge is 2.38. The molecule has 0 aromatic rings. The lowest BCUT2D eigenvalue weighted by Gasteiger charge is -2.32. The van der Waals surface area contributed by atoms with Gasteiger partial charge in [-0.1, -0.05) is 0 Å². The molecule has 0 aliphatic carbocycles. The molecule has 1 rings (SSSR count). The summed E-state index contributed by atoms with van der Waals surface area (Å²) in [6, 6.07) is 0. The van der Waals surface area contributed by atoms with E-state index in [0.717, 1.165) is 19.4 Å². The van der Waals surface area contributed by atoms with Crippen molar-refractivity contribution in [3.63, 3.8) is 0 Å². The molecule has 1 aliphatic heterocycles. The van der Waals surface area contributed by atoms with E-state index in [0.29, 0.717) is 6.61 Å². The number of likely N-dealkylation sites (tertiary alicyclic amines) is 1. The summed E-state index contributed by atoms with van der Waals surface area (Å²) in [5.74, 6) is 0. The van der Waals surface area contributed by atoms with Gasteiger partial charge in [0.05, 0.1) is 12.1 Å². The van der Waals surface area contributed by atoms with Crippen molar-refractivity contribution in [1.82, 2.24) is 4.90 Å². The lowest BCUT2D eigenvalue weighted by molar-refractivity contribution is 0.0347. The lowest BCUT2D eigenvalue weighted by Crippen LogP contribution is -2.47. The van der Waals surface area contributed by atoms with Gasteiger partial charge in [-0.2, -0.15) is 0 Å². The zero-order valence-corrected chi connectivity index (χ0v) is 7.27. The first-order valence-electron chi connectivity index (χ1n) is 4.01. The summed E-state index contributed by atoms with van der Waals surface area (Å²) < 4.78 is 17.7. The van der Waals surface area contributed by atoms with E-state index < -0.39 is 0 Å². The monoisotopic (exact) mass is 161 g/mol. The van der Waals surface area contributed by atoms with Gasteiger partial charge in [-0.15, -0.1) is 0 Å². The Morgan fingerprint density at radius 2 is 2.36 bits per heavy atom. The molecule has 11 heavy (non-hydrogen) atoms. The van der Waals surface area contributed by atoms with Gasteiger partial charge in [-0.3, -0.25) is 4.90 Å². The van der Waals surface area contributed by atoms with Crippen LogP contribution in [0.1, 0.15) is 12.8 Å². The number of hydrogen-bond donors (Lipinski definition) is 0. The number of hydrogen-bond acceptors (Lipinski definition) is 2. The van der Waals surface area contributed by atoms with Crippen LogP contribution in [0.5, 0.6) is 0 Å². The van der Waals surface area contributed by atoms with E-state index in [4.69, 9.17) is 4.74 Å². The van der Waals surface area contributed by atoms with Crippen LogP contribution < -0.4 is 0 Å². The maximum atomic E-state index is 12.7. The largest absolute Gasteiger partial charge is 0.383 e. The smallest absolute Gasteiger partial charge is 0.110 e. The molecule has 1 heterocycles. The van der Waals surface area contributed by atoms with Crippen LogP contribution in [0.25, 0.3) is 0 Å². The van der Waals surface area contributed by atoms with E-state index >= 15 is 0 Å². The molecule has 0 amide bonds. The predicted molar refractivity (Wildman–Crippen MR) is 42.4 cm³/mol. The Kier molecular flexibility index (Phi) is 2.84. The summed E-state index contributed by atoms with van der Waals surface area (Å²) in [5.41, 5.74) is -0.311. The van der Waals surface area contributed by atoms with Crippen molar-refractivity contribution in [2.45, 2.75) is 18.4 Å². The number of ether oxygens (including phenoxy) is 1. The van der Waals surface area contributed by atoms with Crippen LogP contribution in [0, 0.1) is 0 Å². The Bertz CT molecular complexity index is 131. The van der Waals surface area contributed by atoms with E-state index in [2.05, 4.69) is 4.90 Å². The molecule has 3 heteroatoms. The third kappa shape index (κ3) is 1.54. The minimum atomic E-state index is -0.311. The van der Waals surface area contributed by atoms with E-state index in [9.17, 15) is 4.39 Å². The Balaban J connectivity index is 2.57. The maximum Gasteiger partial charge on any atom is 0.110 e. The number of halogens is 1. The van der Waals surface area contributed by atoms with E-state index in [-0.39, 0.29) is 12.2 Å². The molecule has 2 nitrogen and oxygen atoms in total. The first kappa shape index (κ1) is 8.94. The molecule has 1 unspecified atom stereocenters. The summed E-state index contributed by atoms with van der Waals surface area (Å²) >= 11 is 0. The fraction of sp³-hybridized carbons (Fsp3) is 1.00. The van der Waals surface area contributed by atoms with Crippen LogP contribution in [-0.2, 0) is 4.74 Å². The highest BCUT2D eigenvalue weighted by molar-refractivity contribution is 4.93. The Morgan fingerprint density at radius 3 is 2.73 bits per heavy atom. The van der Waals surface area contributed by atoms with Gasteiger partial charge in [0, 0.05) is 7.11 Å². The third-order valence-corrected chi connectivity index (χ3v) is 2.61. The molecule has 1 atom stereocenters. The summed E-state index contributed by atoms with van der Waals surface area (Å²) in [6.07, 6.45) is 2.01. The second kappa shape index (κ2) is 3.50. The average Bonchev–Trinajstić information content (AvgIpc) is 2.35. The fourth-order valence-corrected chi connectivity index (χ4v) is 1.73. The maximum absolute atomic E-state index is 12.7. The van der Waals surface area contributed by atoms with Gasteiger partial charge in [0.25, 0.3) is 0 Å². The van der Waals surface area contributed by atoms with Gasteiger partial charge in [0.15, 0.2) is 0 Å². The normalized spacial score (nSPS) is 33.0. The molecule has 1 fully saturated rings. The molecular weight excluding hydrogens is 145 g/mol. The first-order valence-corrected chi connectivity index (χ1v) is 4.01. The lowest BCUT2D eigenvalue weighted by atomic mass is 10.00. The number of rotatable bonds is 3. The van der Waals surface area contributed by atoms with Crippen LogP contribution in [-0.4, -0.2) is 44.4 Å². The summed E-state index contributed by atoms with van der Waals surface area (Å²) in [5, 5.41) is 0. The molecule has 66 valence electrons. The van der Waals surface area contributed by atoms with Crippen LogP contribution in [0.2, 0.25) is 0 Å². The van der Waals surface area contributed by atoms with Gasteiger partial charge in [0.2, 0.25) is 0 Å². The van der Waals surface area contributed by atoms with Crippen LogP contribution in [0.15, 0.2) is 0 Å². The fourth-order valence-electron chi connectivity index (χ4n) is 1.73. The summed E-state index contributed by atoms with van der Waals surface area (Å²) in [4.78, 5) is 2.07. The highest BCUT2D eigenvalue weighted by Crippen LogP contribution is 2.28. The third-order valence-electron chi connectivity index (χ3n) is 2.61. The molecule has 0 bridgehead atoms. The van der Waals surface area contributed by atoms with Crippen molar-refractivity contribution in [2.24, 2.45) is 0 Å². The van der Waals surface area contributed by atoms with Crippen LogP contribution in [0.3, 0.4) is 0 Å². The minimum Gasteiger partial charge on any atom is -0.383 e. The van der Waals surface area contributed by atoms with Crippen LogP contribution >= 0.6 is 0 Å². The van der Waals surface area contributed by atoms with Gasteiger partial charge in [0.1, 0.15) is 6.67 Å². The first-order chi connectivity index (χ1) is 5.25. The van der Waals surface area contributed by atoms with Gasteiger partial charge in [-0.05, 0) is 26.4 Å². The highest BCUT2D eigenvalue weighted by atomic mass is 19.1. The Labute approximate surface area is 67.3 Å². The SMILES string of the molecule is COCC1(CF)CCCN1C. The predicted octanol–water partition coefficient (Wildman–Crippen LogP) is 1.07. The molecule has 0 aromatic heterocycles. The van der Waals surface area contributed by atoms with Gasteiger partial charge < -0.3 is 4.74 Å². The van der Waals surface area contributed by atoms with E-state index in [1.165, 1.54) is 0 Å². The van der Waals surface area contributed by atoms with Crippen LogP contribution in [0.4, 0.5) is 4.39 Å². The Hall–Kier alpha value is -0.150. The van der Waals surface area contributed by atoms with Crippen molar-refractivity contribution in [3.05, 3.63) is 0 Å². The molecule has 1 aliphatic rings. The topological polar surface area (TPSA) is 12.5 Å². The van der Waals surface area contributed by atoms with E-state index in [1.807, 2.05) is 7.05 Å². The zero-order chi connectivity index (χ0) is 8.32. The number of nitrogens with zero attached hydrogens (tertiary/aromatic N) is 1. The molecule has 1 saturated heterocycles. The summed E-state index contributed by atoms with van der Waals surface area (Å²) in [7, 11) is 3.59. The van der Waals surface area contributed by atoms with Crippen molar-refractivity contribution in [1.29, 1.82) is 0 Å². The number of likely N-dealkylation sites (N-methyl/N-ethyl adjacent to an activating group) is 1. The standard InChI is InChI=1S/C8H16FNO/c1-10-5-3-4-8(10,6-9)7-11-2/h3-7H2,1-2H3.